The lowest BCUT2D eigenvalue weighted by molar-refractivity contribution is 0.0103. The van der Waals surface area contributed by atoms with Crippen LogP contribution in [0.5, 0.6) is 0 Å². The van der Waals surface area contributed by atoms with Crippen LogP contribution in [-0.2, 0) is 11.3 Å². The number of furan rings is 1. The highest BCUT2D eigenvalue weighted by molar-refractivity contribution is 5.68. The summed E-state index contributed by atoms with van der Waals surface area (Å²) < 4.78 is 10.6. The molecule has 1 amide bonds. The van der Waals surface area contributed by atoms with Gasteiger partial charge in [0.1, 0.15) is 17.5 Å². The molecule has 1 atom stereocenters. The molecule has 1 unspecified atom stereocenters. The molecule has 0 aliphatic rings. The van der Waals surface area contributed by atoms with Crippen molar-refractivity contribution in [1.29, 1.82) is 0 Å². The first-order valence-corrected chi connectivity index (χ1v) is 7.58. The van der Waals surface area contributed by atoms with Crippen molar-refractivity contribution in [1.82, 2.24) is 4.90 Å². The Bertz CT molecular complexity index is 602. The Labute approximate surface area is 136 Å². The fraction of sp³-hybridized carbons (Fsp3) is 0.389. The van der Waals surface area contributed by atoms with Crippen LogP contribution in [-0.4, -0.2) is 28.2 Å². The topological polar surface area (TPSA) is 62.9 Å². The summed E-state index contributed by atoms with van der Waals surface area (Å²) in [6, 6.07) is 13.0. The van der Waals surface area contributed by atoms with Crippen LogP contribution in [0.4, 0.5) is 4.79 Å². The van der Waals surface area contributed by atoms with E-state index in [0.717, 1.165) is 5.56 Å². The first kappa shape index (κ1) is 17.1. The minimum absolute atomic E-state index is 0.0946. The van der Waals surface area contributed by atoms with Gasteiger partial charge in [0.25, 0.3) is 0 Å². The van der Waals surface area contributed by atoms with Crippen molar-refractivity contribution in [2.24, 2.45) is 0 Å². The average Bonchev–Trinajstić information content (AvgIpc) is 3.00. The first-order valence-electron chi connectivity index (χ1n) is 7.58. The minimum atomic E-state index is -0.902. The van der Waals surface area contributed by atoms with Gasteiger partial charge in [0.15, 0.2) is 0 Å². The van der Waals surface area contributed by atoms with Gasteiger partial charge in [0, 0.05) is 6.54 Å². The number of carbonyl (C=O) groups is 1. The Hall–Kier alpha value is -2.27. The number of aliphatic hydroxyl groups is 1. The second-order valence-corrected chi connectivity index (χ2v) is 6.38. The van der Waals surface area contributed by atoms with E-state index in [1.807, 2.05) is 51.1 Å². The SMILES string of the molecule is CC(C)(C)OC(=O)N(Cc1ccccc1)CC(O)c1ccco1. The smallest absolute Gasteiger partial charge is 0.410 e. The van der Waals surface area contributed by atoms with E-state index in [0.29, 0.717) is 12.3 Å². The van der Waals surface area contributed by atoms with Gasteiger partial charge >= 0.3 is 6.09 Å². The number of hydrogen-bond acceptors (Lipinski definition) is 4. The minimum Gasteiger partial charge on any atom is -0.467 e. The van der Waals surface area contributed by atoms with Crippen molar-refractivity contribution in [3.63, 3.8) is 0 Å². The molecule has 1 aromatic carbocycles. The van der Waals surface area contributed by atoms with Gasteiger partial charge in [-0.05, 0) is 38.5 Å². The van der Waals surface area contributed by atoms with Gasteiger partial charge in [-0.25, -0.2) is 4.79 Å². The van der Waals surface area contributed by atoms with E-state index in [9.17, 15) is 9.90 Å². The number of hydrogen-bond donors (Lipinski definition) is 1. The van der Waals surface area contributed by atoms with Gasteiger partial charge in [-0.3, -0.25) is 0 Å². The maximum atomic E-state index is 12.4. The molecule has 0 fully saturated rings. The Morgan fingerprint density at radius 2 is 1.91 bits per heavy atom. The predicted molar refractivity (Wildman–Crippen MR) is 86.8 cm³/mol. The lowest BCUT2D eigenvalue weighted by atomic mass is 10.2. The molecule has 0 aliphatic heterocycles. The van der Waals surface area contributed by atoms with Crippen LogP contribution in [0.15, 0.2) is 53.1 Å². The van der Waals surface area contributed by atoms with Crippen LogP contribution < -0.4 is 0 Å². The summed E-state index contributed by atoms with van der Waals surface area (Å²) in [6.45, 7) is 5.89. The fourth-order valence-corrected chi connectivity index (χ4v) is 2.11. The van der Waals surface area contributed by atoms with Gasteiger partial charge in [0.05, 0.1) is 12.8 Å². The molecule has 0 spiro atoms. The van der Waals surface area contributed by atoms with E-state index in [1.54, 1.807) is 12.1 Å². The molecule has 1 aromatic heterocycles. The molecule has 0 bridgehead atoms. The standard InChI is InChI=1S/C18H23NO4/c1-18(2,3)23-17(21)19(12-14-8-5-4-6-9-14)13-15(20)16-10-7-11-22-16/h4-11,15,20H,12-13H2,1-3H3. The Morgan fingerprint density at radius 1 is 1.22 bits per heavy atom. The average molecular weight is 317 g/mol. The number of aliphatic hydroxyl groups excluding tert-OH is 1. The quantitative estimate of drug-likeness (QED) is 0.912. The van der Waals surface area contributed by atoms with E-state index in [4.69, 9.17) is 9.15 Å². The van der Waals surface area contributed by atoms with E-state index >= 15 is 0 Å². The molecule has 0 saturated carbocycles. The summed E-state index contributed by atoms with van der Waals surface area (Å²) >= 11 is 0. The highest BCUT2D eigenvalue weighted by Crippen LogP contribution is 2.19. The van der Waals surface area contributed by atoms with Crippen LogP contribution in [0, 0.1) is 0 Å². The third-order valence-corrected chi connectivity index (χ3v) is 3.13. The Morgan fingerprint density at radius 3 is 2.48 bits per heavy atom. The Kier molecular flexibility index (Phi) is 5.45. The van der Waals surface area contributed by atoms with E-state index in [2.05, 4.69) is 0 Å². The van der Waals surface area contributed by atoms with Gasteiger partial charge in [-0.2, -0.15) is 0 Å². The molecule has 0 aliphatic carbocycles. The maximum absolute atomic E-state index is 12.4. The summed E-state index contributed by atoms with van der Waals surface area (Å²) in [6.07, 6.45) is 0.126. The van der Waals surface area contributed by atoms with Gasteiger partial charge in [0.2, 0.25) is 0 Å². The normalized spacial score (nSPS) is 12.7. The fourth-order valence-electron chi connectivity index (χ4n) is 2.11. The number of nitrogens with zero attached hydrogens (tertiary/aromatic N) is 1. The number of benzene rings is 1. The van der Waals surface area contributed by atoms with Crippen molar-refractivity contribution in [2.45, 2.75) is 39.0 Å². The maximum Gasteiger partial charge on any atom is 0.410 e. The zero-order chi connectivity index (χ0) is 16.9. The zero-order valence-electron chi connectivity index (χ0n) is 13.7. The summed E-state index contributed by atoms with van der Waals surface area (Å²) in [5.41, 5.74) is 0.367. The van der Waals surface area contributed by atoms with Gasteiger partial charge in [-0.15, -0.1) is 0 Å². The van der Waals surface area contributed by atoms with E-state index in [-0.39, 0.29) is 6.54 Å². The van der Waals surface area contributed by atoms with Gasteiger partial charge in [-0.1, -0.05) is 30.3 Å². The molecule has 1 N–H and O–H groups in total. The molecule has 0 radical (unpaired) electrons. The molecular formula is C18H23NO4. The van der Waals surface area contributed by atoms with Crippen molar-refractivity contribution in [3.05, 3.63) is 60.1 Å². The van der Waals surface area contributed by atoms with E-state index in [1.165, 1.54) is 11.2 Å². The lowest BCUT2D eigenvalue weighted by Gasteiger charge is -2.28. The highest BCUT2D eigenvalue weighted by Gasteiger charge is 2.25. The molecule has 2 rings (SSSR count). The van der Waals surface area contributed by atoms with Gasteiger partial charge < -0.3 is 19.2 Å². The van der Waals surface area contributed by atoms with Crippen LogP contribution in [0.2, 0.25) is 0 Å². The largest absolute Gasteiger partial charge is 0.467 e. The van der Waals surface area contributed by atoms with E-state index < -0.39 is 17.8 Å². The summed E-state index contributed by atoms with van der Waals surface area (Å²) in [4.78, 5) is 13.9. The molecule has 5 heteroatoms. The molecule has 0 saturated heterocycles. The number of carbonyl (C=O) groups excluding carboxylic acids is 1. The van der Waals surface area contributed by atoms with Crippen LogP contribution in [0.25, 0.3) is 0 Å². The molecular weight excluding hydrogens is 294 g/mol. The number of ether oxygens (including phenoxy) is 1. The van der Waals surface area contributed by atoms with Crippen molar-refractivity contribution in [2.75, 3.05) is 6.54 Å². The number of rotatable bonds is 5. The molecule has 2 aromatic rings. The van der Waals surface area contributed by atoms with Crippen molar-refractivity contribution < 1.29 is 19.1 Å². The third kappa shape index (κ3) is 5.45. The summed E-state index contributed by atoms with van der Waals surface area (Å²) in [7, 11) is 0. The third-order valence-electron chi connectivity index (χ3n) is 3.13. The summed E-state index contributed by atoms with van der Waals surface area (Å²) in [5.74, 6) is 0.423. The second-order valence-electron chi connectivity index (χ2n) is 6.38. The van der Waals surface area contributed by atoms with Crippen molar-refractivity contribution in [3.8, 4) is 0 Å². The molecule has 23 heavy (non-hydrogen) atoms. The van der Waals surface area contributed by atoms with Crippen molar-refractivity contribution >= 4 is 6.09 Å². The molecule has 124 valence electrons. The highest BCUT2D eigenvalue weighted by atomic mass is 16.6. The monoisotopic (exact) mass is 317 g/mol. The molecule has 5 nitrogen and oxygen atoms in total. The lowest BCUT2D eigenvalue weighted by Crippen LogP contribution is -2.38. The Balaban J connectivity index is 2.12. The van der Waals surface area contributed by atoms with Crippen LogP contribution in [0.3, 0.4) is 0 Å². The first-order chi connectivity index (χ1) is 10.8. The van der Waals surface area contributed by atoms with Crippen LogP contribution >= 0.6 is 0 Å². The second kappa shape index (κ2) is 7.33. The predicted octanol–water partition coefficient (Wildman–Crippen LogP) is 3.75. The van der Waals surface area contributed by atoms with Crippen LogP contribution in [0.1, 0.15) is 38.2 Å². The zero-order valence-corrected chi connectivity index (χ0v) is 13.7. The molecule has 1 heterocycles. The number of amides is 1. The summed E-state index contributed by atoms with van der Waals surface area (Å²) in [5, 5.41) is 10.3.